The Morgan fingerprint density at radius 2 is 1.63 bits per heavy atom. The van der Waals surface area contributed by atoms with Crippen molar-refractivity contribution in [2.75, 3.05) is 58.5 Å². The number of hydrogen-bond donors (Lipinski definition) is 4. The van der Waals surface area contributed by atoms with Crippen LogP contribution in [0, 0.1) is 0 Å². The van der Waals surface area contributed by atoms with Gasteiger partial charge in [0.05, 0.1) is 51.7 Å². The molecule has 0 aromatic heterocycles. The Balaban J connectivity index is 0.934. The van der Waals surface area contributed by atoms with E-state index in [0.717, 1.165) is 25.0 Å². The molecule has 2 aliphatic rings. The molecule has 2 saturated heterocycles. The molecule has 4 amide bonds. The van der Waals surface area contributed by atoms with Crippen LogP contribution in [-0.4, -0.2) is 93.7 Å². The number of unbranched alkanes of at least 4 members (excludes halogenated alkanes) is 1. The maximum atomic E-state index is 12.6. The molecule has 0 radical (unpaired) electrons. The first-order chi connectivity index (χ1) is 21.1. The number of nitrogens with one attached hydrogen (secondary N) is 4. The van der Waals surface area contributed by atoms with Crippen molar-refractivity contribution in [1.29, 1.82) is 0 Å². The van der Waals surface area contributed by atoms with Crippen molar-refractivity contribution >= 4 is 46.1 Å². The van der Waals surface area contributed by atoms with Gasteiger partial charge in [-0.3, -0.25) is 9.59 Å². The van der Waals surface area contributed by atoms with Gasteiger partial charge in [0.2, 0.25) is 5.91 Å². The summed E-state index contributed by atoms with van der Waals surface area (Å²) in [5, 5.41) is 17.2. The Morgan fingerprint density at radius 3 is 2.37 bits per heavy atom. The largest absolute Gasteiger partial charge is 0.377 e. The van der Waals surface area contributed by atoms with E-state index in [0.29, 0.717) is 86.4 Å². The number of ether oxygens (including phenoxy) is 3. The van der Waals surface area contributed by atoms with Crippen molar-refractivity contribution in [3.63, 3.8) is 0 Å². The van der Waals surface area contributed by atoms with Crippen LogP contribution in [0.5, 0.6) is 0 Å². The maximum absolute atomic E-state index is 12.6. The predicted octanol–water partition coefficient (Wildman–Crippen LogP) is 3.40. The zero-order valence-corrected chi connectivity index (χ0v) is 24.9. The lowest BCUT2D eigenvalue weighted by Crippen LogP contribution is -2.36. The molecule has 2 aromatic rings. The van der Waals surface area contributed by atoms with Crippen molar-refractivity contribution in [3.8, 4) is 0 Å². The third kappa shape index (κ3) is 10.0. The number of hydrogen-bond acceptors (Lipinski definition) is 8. The summed E-state index contributed by atoms with van der Waals surface area (Å²) in [6.07, 6.45) is 3.28. The molecule has 0 saturated carbocycles. The fourth-order valence-corrected chi connectivity index (χ4v) is 6.66. The minimum atomic E-state index is -0.229. The van der Waals surface area contributed by atoms with Crippen LogP contribution < -0.4 is 21.3 Å². The monoisotopic (exact) mass is 613 g/mol. The molecule has 2 aromatic carbocycles. The summed E-state index contributed by atoms with van der Waals surface area (Å²) in [5.41, 5.74) is 9.73. The molecule has 2 fully saturated rings. The van der Waals surface area contributed by atoms with Crippen LogP contribution in [0.1, 0.15) is 36.0 Å². The van der Waals surface area contributed by atoms with E-state index in [4.69, 9.17) is 19.7 Å². The van der Waals surface area contributed by atoms with E-state index < -0.39 is 0 Å². The van der Waals surface area contributed by atoms with Gasteiger partial charge in [-0.15, -0.1) is 0 Å². The summed E-state index contributed by atoms with van der Waals surface area (Å²) < 4.78 is 16.5. The molecular formula is C29H39N7O6S. The molecule has 0 unspecified atom stereocenters. The zero-order chi connectivity index (χ0) is 30.3. The van der Waals surface area contributed by atoms with E-state index in [1.807, 2.05) is 36.0 Å². The second-order valence-electron chi connectivity index (χ2n) is 10.2. The highest BCUT2D eigenvalue weighted by atomic mass is 32.2. The molecule has 4 N–H and O–H groups in total. The van der Waals surface area contributed by atoms with E-state index in [1.165, 1.54) is 0 Å². The van der Waals surface area contributed by atoms with Crippen molar-refractivity contribution < 1.29 is 28.6 Å². The summed E-state index contributed by atoms with van der Waals surface area (Å²) in [4.78, 5) is 39.0. The summed E-state index contributed by atoms with van der Waals surface area (Å²) in [6.45, 7) is 3.21. The standard InChI is InChI=1S/C29H39N7O6S/c30-36-35-23-10-9-22(20-5-1-2-6-21(20)23)28(38)32-12-14-41-16-18-42-17-15-40-13-11-31-26(37)8-4-3-7-25-27-24(19-43-25)33-29(39)34-27/h1-2,5-6,9-10,24-25,27H,3-4,7-8,11-19H2,(H,31,37)(H,32,38)(H2,33,34,39)/t24-,25-,27-/m0/s1. The Labute approximate surface area is 254 Å². The summed E-state index contributed by atoms with van der Waals surface area (Å²) >= 11 is 1.89. The van der Waals surface area contributed by atoms with Crippen molar-refractivity contribution in [2.24, 2.45) is 5.11 Å². The number of urea groups is 1. The van der Waals surface area contributed by atoms with E-state index in [-0.39, 0.29) is 29.9 Å². The van der Waals surface area contributed by atoms with E-state index >= 15 is 0 Å². The number of rotatable bonds is 19. The van der Waals surface area contributed by atoms with Crippen LogP contribution in [0.2, 0.25) is 0 Å². The Morgan fingerprint density at radius 1 is 0.930 bits per heavy atom. The van der Waals surface area contributed by atoms with Gasteiger partial charge in [-0.2, -0.15) is 11.8 Å². The average Bonchev–Trinajstić information content (AvgIpc) is 3.57. The number of azide groups is 1. The van der Waals surface area contributed by atoms with Gasteiger partial charge >= 0.3 is 6.03 Å². The van der Waals surface area contributed by atoms with Gasteiger partial charge in [0.15, 0.2) is 0 Å². The van der Waals surface area contributed by atoms with E-state index in [9.17, 15) is 14.4 Å². The lowest BCUT2D eigenvalue weighted by atomic mass is 10.0. The number of benzene rings is 2. The highest BCUT2D eigenvalue weighted by Gasteiger charge is 2.42. The lowest BCUT2D eigenvalue weighted by Gasteiger charge is -2.16. The van der Waals surface area contributed by atoms with Gasteiger partial charge < -0.3 is 35.5 Å². The van der Waals surface area contributed by atoms with E-state index in [2.05, 4.69) is 31.3 Å². The molecule has 0 spiro atoms. The number of fused-ring (bicyclic) bond motifs is 2. The summed E-state index contributed by atoms with van der Waals surface area (Å²) in [7, 11) is 0. The average molecular weight is 614 g/mol. The molecule has 4 rings (SSSR count). The molecule has 2 heterocycles. The van der Waals surface area contributed by atoms with Gasteiger partial charge in [0.25, 0.3) is 5.91 Å². The summed E-state index contributed by atoms with van der Waals surface area (Å²) in [5.74, 6) is 0.748. The van der Waals surface area contributed by atoms with Gasteiger partial charge in [0, 0.05) is 46.7 Å². The lowest BCUT2D eigenvalue weighted by molar-refractivity contribution is -0.121. The third-order valence-electron chi connectivity index (χ3n) is 7.22. The second-order valence-corrected chi connectivity index (χ2v) is 11.5. The molecule has 3 atom stereocenters. The molecule has 232 valence electrons. The van der Waals surface area contributed by atoms with Crippen LogP contribution >= 0.6 is 11.8 Å². The fraction of sp³-hybridized carbons (Fsp3) is 0.552. The van der Waals surface area contributed by atoms with Crippen LogP contribution in [0.3, 0.4) is 0 Å². The Kier molecular flexibility index (Phi) is 13.2. The topological polar surface area (TPSA) is 176 Å². The molecule has 14 heteroatoms. The van der Waals surface area contributed by atoms with Gasteiger partial charge in [-0.1, -0.05) is 41.9 Å². The first-order valence-corrected chi connectivity index (χ1v) is 15.7. The SMILES string of the molecule is [N-]=[N+]=Nc1ccc(C(=O)NCCOCCOCCOCCNC(=O)CCCC[C@@H]2SC[C@@H]3NC(=O)N[C@@H]32)c2ccccc12. The Hall–Kier alpha value is -3.55. The third-order valence-corrected chi connectivity index (χ3v) is 8.73. The van der Waals surface area contributed by atoms with Crippen LogP contribution in [0.15, 0.2) is 41.5 Å². The number of carbonyl (C=O) groups excluding carboxylic acids is 3. The predicted molar refractivity (Wildman–Crippen MR) is 165 cm³/mol. The fourth-order valence-electron chi connectivity index (χ4n) is 5.12. The zero-order valence-electron chi connectivity index (χ0n) is 24.1. The minimum absolute atomic E-state index is 0.0255. The highest BCUT2D eigenvalue weighted by Crippen LogP contribution is 2.33. The number of thioether (sulfide) groups is 1. The number of carbonyl (C=O) groups is 3. The minimum Gasteiger partial charge on any atom is -0.377 e. The van der Waals surface area contributed by atoms with Gasteiger partial charge in [-0.05, 0) is 35.2 Å². The van der Waals surface area contributed by atoms with Crippen molar-refractivity contribution in [2.45, 2.75) is 43.0 Å². The maximum Gasteiger partial charge on any atom is 0.315 e. The molecule has 13 nitrogen and oxygen atoms in total. The second kappa shape index (κ2) is 17.5. The van der Waals surface area contributed by atoms with Crippen LogP contribution in [0.4, 0.5) is 10.5 Å². The molecular weight excluding hydrogens is 574 g/mol. The molecule has 0 aliphatic carbocycles. The summed E-state index contributed by atoms with van der Waals surface area (Å²) in [6, 6.07) is 11.0. The van der Waals surface area contributed by atoms with Crippen LogP contribution in [-0.2, 0) is 19.0 Å². The molecule has 2 aliphatic heterocycles. The smallest absolute Gasteiger partial charge is 0.315 e. The first kappa shape index (κ1) is 32.4. The number of nitrogens with zero attached hydrogens (tertiary/aromatic N) is 3. The quantitative estimate of drug-likeness (QED) is 0.0617. The van der Waals surface area contributed by atoms with Crippen molar-refractivity contribution in [1.82, 2.24) is 21.3 Å². The highest BCUT2D eigenvalue weighted by molar-refractivity contribution is 8.00. The first-order valence-electron chi connectivity index (χ1n) is 14.6. The van der Waals surface area contributed by atoms with Crippen LogP contribution in [0.25, 0.3) is 21.2 Å². The van der Waals surface area contributed by atoms with Crippen molar-refractivity contribution in [3.05, 3.63) is 52.4 Å². The van der Waals surface area contributed by atoms with E-state index in [1.54, 1.807) is 12.1 Å². The number of amides is 4. The normalized spacial score (nSPS) is 18.9. The molecule has 43 heavy (non-hydrogen) atoms. The Bertz CT molecular complexity index is 1290. The van der Waals surface area contributed by atoms with Gasteiger partial charge in [-0.25, -0.2) is 4.79 Å². The van der Waals surface area contributed by atoms with Gasteiger partial charge in [0.1, 0.15) is 0 Å². The molecule has 0 bridgehead atoms.